The van der Waals surface area contributed by atoms with Crippen molar-refractivity contribution >= 4 is 28.7 Å². The van der Waals surface area contributed by atoms with E-state index in [1.807, 2.05) is 35.4 Å². The maximum atomic E-state index is 13.4. The summed E-state index contributed by atoms with van der Waals surface area (Å²) in [5.74, 6) is -0.0366. The van der Waals surface area contributed by atoms with E-state index >= 15 is 0 Å². The minimum Gasteiger partial charge on any atom is -0.375 e. The van der Waals surface area contributed by atoms with Crippen molar-refractivity contribution in [2.24, 2.45) is 0 Å². The van der Waals surface area contributed by atoms with Crippen LogP contribution in [0.4, 0.5) is 10.5 Å². The lowest BCUT2D eigenvalue weighted by atomic mass is 9.99. The van der Waals surface area contributed by atoms with Gasteiger partial charge in [-0.25, -0.2) is 14.8 Å². The summed E-state index contributed by atoms with van der Waals surface area (Å²) in [7, 11) is 3.30. The van der Waals surface area contributed by atoms with Crippen LogP contribution in [-0.2, 0) is 16.1 Å². The molecule has 0 saturated carbocycles. The normalized spacial score (nSPS) is 16.4. The summed E-state index contributed by atoms with van der Waals surface area (Å²) in [4.78, 5) is 44.7. The molecule has 0 aromatic carbocycles. The average molecular weight is 472 g/mol. The van der Waals surface area contributed by atoms with Gasteiger partial charge in [0.2, 0.25) is 5.91 Å². The number of anilines is 1. The highest BCUT2D eigenvalue weighted by Crippen LogP contribution is 2.37. The Morgan fingerprint density at radius 2 is 1.97 bits per heavy atom. The second-order valence-corrected chi connectivity index (χ2v) is 8.79. The number of carbonyl (C=O) groups is 2. The molecule has 35 heavy (non-hydrogen) atoms. The first-order chi connectivity index (χ1) is 17.0. The van der Waals surface area contributed by atoms with Gasteiger partial charge in [-0.1, -0.05) is 0 Å². The van der Waals surface area contributed by atoms with Gasteiger partial charge in [-0.2, -0.15) is 5.26 Å². The van der Waals surface area contributed by atoms with Gasteiger partial charge in [0.05, 0.1) is 23.4 Å². The number of rotatable bonds is 4. The summed E-state index contributed by atoms with van der Waals surface area (Å²) in [6, 6.07) is 9.10. The lowest BCUT2D eigenvalue weighted by molar-refractivity contribution is -0.136. The third-order valence-electron chi connectivity index (χ3n) is 6.57. The summed E-state index contributed by atoms with van der Waals surface area (Å²) in [5.41, 5.74) is 4.87. The van der Waals surface area contributed by atoms with Crippen molar-refractivity contribution in [1.29, 1.82) is 5.26 Å². The number of ether oxygens (including phenoxy) is 1. The second kappa shape index (κ2) is 9.27. The third-order valence-corrected chi connectivity index (χ3v) is 6.57. The van der Waals surface area contributed by atoms with E-state index in [9.17, 15) is 9.59 Å². The van der Waals surface area contributed by atoms with Crippen LogP contribution >= 0.6 is 0 Å². The molecule has 10 heteroatoms. The van der Waals surface area contributed by atoms with Crippen LogP contribution in [0.25, 0.3) is 22.3 Å². The van der Waals surface area contributed by atoms with E-state index in [0.717, 1.165) is 16.8 Å². The first kappa shape index (κ1) is 22.7. The molecule has 10 nitrogen and oxygen atoms in total. The molecule has 2 aliphatic rings. The fraction of sp³-hybridized carbons (Fsp3) is 0.360. The Morgan fingerprint density at radius 3 is 2.66 bits per heavy atom. The average Bonchev–Trinajstić information content (AvgIpc) is 2.89. The number of nitriles is 1. The van der Waals surface area contributed by atoms with Crippen molar-refractivity contribution in [2.75, 3.05) is 38.8 Å². The Labute approximate surface area is 202 Å². The van der Waals surface area contributed by atoms with Crippen molar-refractivity contribution in [3.05, 3.63) is 47.9 Å². The minimum absolute atomic E-state index is 0.0366. The predicted molar refractivity (Wildman–Crippen MR) is 128 cm³/mol. The summed E-state index contributed by atoms with van der Waals surface area (Å²) in [5, 5.41) is 9.04. The Bertz CT molecular complexity index is 1330. The zero-order valence-corrected chi connectivity index (χ0v) is 19.6. The molecule has 0 spiro atoms. The number of amides is 3. The number of carbonyl (C=O) groups excluding carboxylic acids is 2. The topological polar surface area (TPSA) is 116 Å². The van der Waals surface area contributed by atoms with Crippen LogP contribution in [0, 0.1) is 11.3 Å². The summed E-state index contributed by atoms with van der Waals surface area (Å²) >= 11 is 0. The van der Waals surface area contributed by atoms with Crippen LogP contribution in [0.2, 0.25) is 0 Å². The van der Waals surface area contributed by atoms with Gasteiger partial charge >= 0.3 is 6.03 Å². The maximum absolute atomic E-state index is 13.4. The number of piperidine rings is 1. The Morgan fingerprint density at radius 1 is 1.17 bits per heavy atom. The maximum Gasteiger partial charge on any atom is 0.324 e. The van der Waals surface area contributed by atoms with Gasteiger partial charge in [0.25, 0.3) is 0 Å². The lowest BCUT2D eigenvalue weighted by Gasteiger charge is -2.43. The largest absolute Gasteiger partial charge is 0.375 e. The fourth-order valence-electron chi connectivity index (χ4n) is 4.78. The van der Waals surface area contributed by atoms with Crippen LogP contribution < -0.4 is 4.90 Å². The van der Waals surface area contributed by atoms with E-state index in [2.05, 4.69) is 9.97 Å². The zero-order valence-electron chi connectivity index (χ0n) is 19.6. The number of aromatic nitrogens is 3. The molecule has 5 heterocycles. The number of pyridine rings is 3. The molecule has 0 aliphatic carbocycles. The number of fused-ring (bicyclic) bond motifs is 3. The van der Waals surface area contributed by atoms with Crippen LogP contribution in [0.1, 0.15) is 24.1 Å². The zero-order chi connectivity index (χ0) is 24.5. The number of hydrogen-bond donors (Lipinski definition) is 0. The van der Waals surface area contributed by atoms with Gasteiger partial charge in [0, 0.05) is 56.8 Å². The van der Waals surface area contributed by atoms with E-state index in [1.54, 1.807) is 29.1 Å². The molecule has 0 N–H and O–H groups in total. The van der Waals surface area contributed by atoms with E-state index in [1.165, 1.54) is 7.11 Å². The molecular formula is C25H25N7O3. The van der Waals surface area contributed by atoms with Crippen molar-refractivity contribution in [1.82, 2.24) is 24.8 Å². The highest BCUT2D eigenvalue weighted by Gasteiger charge is 2.37. The van der Waals surface area contributed by atoms with E-state index in [0.29, 0.717) is 54.9 Å². The van der Waals surface area contributed by atoms with Crippen LogP contribution in [-0.4, -0.2) is 76.6 Å². The molecule has 0 radical (unpaired) electrons. The van der Waals surface area contributed by atoms with E-state index in [4.69, 9.17) is 15.0 Å². The number of urea groups is 1. The number of nitrogens with zero attached hydrogens (tertiary/aromatic N) is 7. The van der Waals surface area contributed by atoms with Gasteiger partial charge in [0.15, 0.2) is 0 Å². The van der Waals surface area contributed by atoms with Gasteiger partial charge in [-0.15, -0.1) is 0 Å². The van der Waals surface area contributed by atoms with Crippen molar-refractivity contribution < 1.29 is 14.3 Å². The Hall–Kier alpha value is -4.10. The molecule has 0 unspecified atom stereocenters. The monoisotopic (exact) mass is 471 g/mol. The van der Waals surface area contributed by atoms with Gasteiger partial charge in [-0.3, -0.25) is 14.7 Å². The van der Waals surface area contributed by atoms with Crippen molar-refractivity contribution in [2.45, 2.75) is 25.4 Å². The fourth-order valence-corrected chi connectivity index (χ4v) is 4.78. The first-order valence-corrected chi connectivity index (χ1v) is 11.5. The molecule has 3 amide bonds. The van der Waals surface area contributed by atoms with Crippen LogP contribution in [0.15, 0.2) is 36.7 Å². The van der Waals surface area contributed by atoms with E-state index in [-0.39, 0.29) is 24.6 Å². The molecule has 1 fully saturated rings. The summed E-state index contributed by atoms with van der Waals surface area (Å²) < 4.78 is 4.99. The molecule has 3 aromatic rings. The third kappa shape index (κ3) is 4.15. The van der Waals surface area contributed by atoms with Gasteiger partial charge < -0.3 is 14.5 Å². The Kier molecular flexibility index (Phi) is 6.01. The van der Waals surface area contributed by atoms with Crippen molar-refractivity contribution in [3.63, 3.8) is 0 Å². The highest BCUT2D eigenvalue weighted by atomic mass is 16.5. The molecule has 0 bridgehead atoms. The molecule has 178 valence electrons. The van der Waals surface area contributed by atoms with E-state index < -0.39 is 0 Å². The smallest absolute Gasteiger partial charge is 0.324 e. The number of methoxy groups -OCH3 is 1. The molecule has 5 rings (SSSR count). The molecule has 1 saturated heterocycles. The highest BCUT2D eigenvalue weighted by molar-refractivity contribution is 6.04. The molecule has 2 aliphatic heterocycles. The number of hydrogen-bond acceptors (Lipinski definition) is 7. The summed E-state index contributed by atoms with van der Waals surface area (Å²) in [6.07, 6.45) is 4.77. The Balaban J connectivity index is 1.54. The van der Waals surface area contributed by atoms with Crippen LogP contribution in [0.5, 0.6) is 0 Å². The summed E-state index contributed by atoms with van der Waals surface area (Å²) in [6.45, 7) is 1.64. The molecule has 3 aromatic heterocycles. The standard InChI is InChI=1S/C25H25N7O3/c1-30-14-17-13-28-21-6-5-20(16-3-4-18(11-26)27-12-16)29-23(21)24(17)32(25(30)34)19-7-9-31(10-8-19)22(33)15-35-2/h3-6,12-13,19H,7-10,14-15H2,1-2H3. The quantitative estimate of drug-likeness (QED) is 0.574. The predicted octanol–water partition coefficient (Wildman–Crippen LogP) is 2.57. The second-order valence-electron chi connectivity index (χ2n) is 8.79. The first-order valence-electron chi connectivity index (χ1n) is 11.5. The van der Waals surface area contributed by atoms with Crippen molar-refractivity contribution in [3.8, 4) is 17.3 Å². The van der Waals surface area contributed by atoms with Crippen LogP contribution in [0.3, 0.4) is 0 Å². The van der Waals surface area contributed by atoms with Gasteiger partial charge in [-0.05, 0) is 37.1 Å². The number of likely N-dealkylation sites (tertiary alicyclic amines) is 1. The molecular weight excluding hydrogens is 446 g/mol. The van der Waals surface area contributed by atoms with Gasteiger partial charge in [0.1, 0.15) is 23.9 Å². The lowest BCUT2D eigenvalue weighted by Crippen LogP contribution is -2.54. The minimum atomic E-state index is -0.0843. The SMILES string of the molecule is COCC(=O)N1CCC(N2C(=O)N(C)Cc3cnc4ccc(-c5ccc(C#N)nc5)nc4c32)CC1. The molecule has 0 atom stereocenters.